The van der Waals surface area contributed by atoms with E-state index in [0.29, 0.717) is 62.1 Å². The standard InChI is InChI=1S/C21H21F3N2O4/c22-21(23,24)30-17-3-4-18-15(12-17)2-1-8-26(18)20(28)14-5-9-25(10-6-14)19(27)16-7-11-29-13-16/h3-4,7,11-14H,1-2,5-6,8-10H2. The second-order valence-electron chi connectivity index (χ2n) is 7.51. The van der Waals surface area contributed by atoms with Crippen LogP contribution in [0.5, 0.6) is 5.75 Å². The normalized spacial score (nSPS) is 17.6. The van der Waals surface area contributed by atoms with Crippen LogP contribution in [-0.2, 0) is 11.2 Å². The van der Waals surface area contributed by atoms with Gasteiger partial charge in [0.15, 0.2) is 0 Å². The van der Waals surface area contributed by atoms with Crippen LogP contribution in [0.25, 0.3) is 0 Å². The molecule has 0 aliphatic carbocycles. The van der Waals surface area contributed by atoms with Gasteiger partial charge in [0, 0.05) is 31.2 Å². The van der Waals surface area contributed by atoms with Crippen LogP contribution in [0, 0.1) is 5.92 Å². The summed E-state index contributed by atoms with van der Waals surface area (Å²) in [7, 11) is 0. The van der Waals surface area contributed by atoms with Crippen molar-refractivity contribution in [1.82, 2.24) is 4.90 Å². The molecule has 1 saturated heterocycles. The van der Waals surface area contributed by atoms with Gasteiger partial charge in [-0.2, -0.15) is 0 Å². The Labute approximate surface area is 171 Å². The van der Waals surface area contributed by atoms with Gasteiger partial charge in [-0.1, -0.05) is 0 Å². The molecule has 1 fully saturated rings. The van der Waals surface area contributed by atoms with Crippen molar-refractivity contribution in [2.45, 2.75) is 32.0 Å². The summed E-state index contributed by atoms with van der Waals surface area (Å²) in [6.45, 7) is 1.47. The highest BCUT2D eigenvalue weighted by atomic mass is 19.4. The van der Waals surface area contributed by atoms with E-state index in [0.717, 1.165) is 0 Å². The fourth-order valence-corrected chi connectivity index (χ4v) is 4.12. The van der Waals surface area contributed by atoms with Crippen molar-refractivity contribution >= 4 is 17.5 Å². The summed E-state index contributed by atoms with van der Waals surface area (Å²) < 4.78 is 46.4. The van der Waals surface area contributed by atoms with Gasteiger partial charge in [-0.3, -0.25) is 9.59 Å². The van der Waals surface area contributed by atoms with Crippen molar-refractivity contribution in [2.75, 3.05) is 24.5 Å². The number of carbonyl (C=O) groups is 2. The molecule has 2 amide bonds. The highest BCUT2D eigenvalue weighted by Gasteiger charge is 2.34. The molecular formula is C21H21F3N2O4. The zero-order valence-corrected chi connectivity index (χ0v) is 16.2. The van der Waals surface area contributed by atoms with E-state index in [1.165, 1.54) is 30.7 Å². The maximum atomic E-state index is 13.1. The Morgan fingerprint density at radius 2 is 1.87 bits per heavy atom. The van der Waals surface area contributed by atoms with Crippen molar-refractivity contribution in [3.05, 3.63) is 47.9 Å². The molecule has 6 nitrogen and oxygen atoms in total. The zero-order valence-electron chi connectivity index (χ0n) is 16.2. The summed E-state index contributed by atoms with van der Waals surface area (Å²) in [6, 6.07) is 5.73. The predicted molar refractivity (Wildman–Crippen MR) is 101 cm³/mol. The average molecular weight is 422 g/mol. The maximum Gasteiger partial charge on any atom is 0.573 e. The second-order valence-corrected chi connectivity index (χ2v) is 7.51. The van der Waals surface area contributed by atoms with E-state index >= 15 is 0 Å². The second kappa shape index (κ2) is 8.04. The van der Waals surface area contributed by atoms with E-state index in [4.69, 9.17) is 4.42 Å². The lowest BCUT2D eigenvalue weighted by atomic mass is 9.92. The minimum absolute atomic E-state index is 0.0455. The molecule has 0 bridgehead atoms. The Morgan fingerprint density at radius 3 is 2.53 bits per heavy atom. The lowest BCUT2D eigenvalue weighted by molar-refractivity contribution is -0.274. The number of rotatable bonds is 3. The van der Waals surface area contributed by atoms with Crippen LogP contribution in [0.4, 0.5) is 18.9 Å². The first kappa shape index (κ1) is 20.3. The summed E-state index contributed by atoms with van der Waals surface area (Å²) in [4.78, 5) is 28.9. The Balaban J connectivity index is 1.42. The van der Waals surface area contributed by atoms with Crippen LogP contribution in [0.2, 0.25) is 0 Å². The first-order valence-corrected chi connectivity index (χ1v) is 9.83. The number of ether oxygens (including phenoxy) is 1. The number of fused-ring (bicyclic) bond motifs is 1. The molecule has 3 heterocycles. The van der Waals surface area contributed by atoms with Crippen molar-refractivity contribution in [1.29, 1.82) is 0 Å². The van der Waals surface area contributed by atoms with Gasteiger partial charge in [-0.05, 0) is 55.5 Å². The van der Waals surface area contributed by atoms with Crippen LogP contribution in [0.1, 0.15) is 35.2 Å². The van der Waals surface area contributed by atoms with Gasteiger partial charge in [0.25, 0.3) is 5.91 Å². The first-order chi connectivity index (χ1) is 14.3. The molecule has 0 unspecified atom stereocenters. The number of benzene rings is 1. The largest absolute Gasteiger partial charge is 0.573 e. The molecule has 9 heteroatoms. The number of hydrogen-bond donors (Lipinski definition) is 0. The fourth-order valence-electron chi connectivity index (χ4n) is 4.12. The molecule has 1 aromatic carbocycles. The number of halogens is 3. The monoisotopic (exact) mass is 422 g/mol. The molecule has 1 aromatic heterocycles. The summed E-state index contributed by atoms with van der Waals surface area (Å²) in [5.41, 5.74) is 1.79. The third-order valence-corrected chi connectivity index (χ3v) is 5.57. The van der Waals surface area contributed by atoms with Gasteiger partial charge < -0.3 is 19.0 Å². The lowest BCUT2D eigenvalue weighted by Gasteiger charge is -2.36. The van der Waals surface area contributed by atoms with E-state index in [1.807, 2.05) is 0 Å². The first-order valence-electron chi connectivity index (χ1n) is 9.83. The molecule has 0 atom stereocenters. The quantitative estimate of drug-likeness (QED) is 0.750. The highest BCUT2D eigenvalue weighted by Crippen LogP contribution is 2.34. The highest BCUT2D eigenvalue weighted by molar-refractivity contribution is 5.97. The number of hydrogen-bond acceptors (Lipinski definition) is 4. The number of aryl methyl sites for hydroxylation is 1. The molecule has 2 aliphatic heterocycles. The zero-order chi connectivity index (χ0) is 21.3. The Hall–Kier alpha value is -2.97. The summed E-state index contributed by atoms with van der Waals surface area (Å²) >= 11 is 0. The van der Waals surface area contributed by atoms with Crippen LogP contribution in [0.3, 0.4) is 0 Å². The summed E-state index contributed by atoms with van der Waals surface area (Å²) in [5.74, 6) is -0.664. The fraction of sp³-hybridized carbons (Fsp3) is 0.429. The summed E-state index contributed by atoms with van der Waals surface area (Å²) in [5, 5.41) is 0. The summed E-state index contributed by atoms with van der Waals surface area (Å²) in [6.07, 6.45) is 0.453. The molecule has 0 saturated carbocycles. The number of nitrogens with zero attached hydrogens (tertiary/aromatic N) is 2. The van der Waals surface area contributed by atoms with Gasteiger partial charge in [-0.25, -0.2) is 0 Å². The molecular weight excluding hydrogens is 401 g/mol. The van der Waals surface area contributed by atoms with Crippen LogP contribution in [-0.4, -0.2) is 42.7 Å². The van der Waals surface area contributed by atoms with Gasteiger partial charge in [0.2, 0.25) is 5.91 Å². The SMILES string of the molecule is O=C(c1ccoc1)N1CCC(C(=O)N2CCCc3cc(OC(F)(F)F)ccc32)CC1. The van der Waals surface area contributed by atoms with Gasteiger partial charge in [0.05, 0.1) is 11.8 Å². The Morgan fingerprint density at radius 1 is 1.10 bits per heavy atom. The number of furan rings is 1. The average Bonchev–Trinajstić information content (AvgIpc) is 3.26. The predicted octanol–water partition coefficient (Wildman–Crippen LogP) is 4.01. The smallest absolute Gasteiger partial charge is 0.472 e. The number of amides is 2. The van der Waals surface area contributed by atoms with E-state index in [9.17, 15) is 22.8 Å². The molecule has 0 N–H and O–H groups in total. The third-order valence-electron chi connectivity index (χ3n) is 5.57. The Kier molecular flexibility index (Phi) is 5.44. The molecule has 2 aromatic rings. The van der Waals surface area contributed by atoms with Gasteiger partial charge in [-0.15, -0.1) is 13.2 Å². The molecule has 0 spiro atoms. The van der Waals surface area contributed by atoms with E-state index < -0.39 is 6.36 Å². The van der Waals surface area contributed by atoms with Crippen LogP contribution in [0.15, 0.2) is 41.2 Å². The minimum Gasteiger partial charge on any atom is -0.472 e. The number of carbonyl (C=O) groups excluding carboxylic acids is 2. The number of piperidine rings is 1. The number of alkyl halides is 3. The number of likely N-dealkylation sites (tertiary alicyclic amines) is 1. The maximum absolute atomic E-state index is 13.1. The molecule has 4 rings (SSSR count). The van der Waals surface area contributed by atoms with E-state index in [2.05, 4.69) is 4.74 Å². The lowest BCUT2D eigenvalue weighted by Crippen LogP contribution is -2.45. The van der Waals surface area contributed by atoms with Crippen LogP contribution >= 0.6 is 0 Å². The topological polar surface area (TPSA) is 63.0 Å². The van der Waals surface area contributed by atoms with Crippen molar-refractivity contribution < 1.29 is 31.9 Å². The molecule has 2 aliphatic rings. The van der Waals surface area contributed by atoms with Crippen molar-refractivity contribution in [2.24, 2.45) is 5.92 Å². The number of anilines is 1. The molecule has 0 radical (unpaired) electrons. The van der Waals surface area contributed by atoms with Crippen LogP contribution < -0.4 is 9.64 Å². The van der Waals surface area contributed by atoms with Gasteiger partial charge >= 0.3 is 6.36 Å². The van der Waals surface area contributed by atoms with Gasteiger partial charge in [0.1, 0.15) is 12.0 Å². The van der Waals surface area contributed by atoms with E-state index in [-0.39, 0.29) is 23.5 Å². The van der Waals surface area contributed by atoms with E-state index in [1.54, 1.807) is 15.9 Å². The third kappa shape index (κ3) is 4.29. The molecule has 160 valence electrons. The Bertz CT molecular complexity index is 919. The molecule has 30 heavy (non-hydrogen) atoms. The van der Waals surface area contributed by atoms with Crippen molar-refractivity contribution in [3.63, 3.8) is 0 Å². The van der Waals surface area contributed by atoms with Crippen molar-refractivity contribution in [3.8, 4) is 5.75 Å². The minimum atomic E-state index is -4.75.